The van der Waals surface area contributed by atoms with Crippen LogP contribution in [0, 0.1) is 6.92 Å². The van der Waals surface area contributed by atoms with E-state index in [0.717, 1.165) is 28.7 Å². The molecule has 0 saturated carbocycles. The predicted molar refractivity (Wildman–Crippen MR) is 59.3 cm³/mol. The first-order chi connectivity index (χ1) is 7.27. The number of benzene rings is 1. The highest BCUT2D eigenvalue weighted by Gasteiger charge is 2.22. The average molecular weight is 200 g/mol. The molecule has 1 aromatic carbocycles. The van der Waals surface area contributed by atoms with Gasteiger partial charge in [0.15, 0.2) is 0 Å². The van der Waals surface area contributed by atoms with E-state index in [4.69, 9.17) is 0 Å². The molecule has 0 saturated heterocycles. The Kier molecular flexibility index (Phi) is 1.70. The lowest BCUT2D eigenvalue weighted by Gasteiger charge is -2.13. The Morgan fingerprint density at radius 1 is 1.33 bits per heavy atom. The fraction of sp³-hybridized carbons (Fsp3) is 0.250. The van der Waals surface area contributed by atoms with E-state index >= 15 is 0 Å². The SMILES string of the molecule is Cc1nc2ccccc2c2c1CCN2O. The summed E-state index contributed by atoms with van der Waals surface area (Å²) in [6, 6.07) is 7.94. The van der Waals surface area contributed by atoms with Crippen molar-refractivity contribution in [2.75, 3.05) is 11.6 Å². The van der Waals surface area contributed by atoms with Crippen LogP contribution in [0.1, 0.15) is 11.3 Å². The second kappa shape index (κ2) is 2.94. The first-order valence-electron chi connectivity index (χ1n) is 5.12. The van der Waals surface area contributed by atoms with E-state index in [-0.39, 0.29) is 0 Å². The van der Waals surface area contributed by atoms with Crippen molar-refractivity contribution >= 4 is 16.6 Å². The van der Waals surface area contributed by atoms with Gasteiger partial charge in [0, 0.05) is 23.2 Å². The number of aromatic nitrogens is 1. The maximum atomic E-state index is 9.81. The minimum absolute atomic E-state index is 0.672. The van der Waals surface area contributed by atoms with Crippen LogP contribution in [0.15, 0.2) is 24.3 Å². The number of para-hydroxylation sites is 1. The summed E-state index contributed by atoms with van der Waals surface area (Å²) < 4.78 is 0. The Bertz CT molecular complexity index is 536. The van der Waals surface area contributed by atoms with Gasteiger partial charge in [0.05, 0.1) is 11.2 Å². The molecule has 3 heteroatoms. The van der Waals surface area contributed by atoms with Crippen LogP contribution in [0.2, 0.25) is 0 Å². The maximum absolute atomic E-state index is 9.81. The lowest BCUT2D eigenvalue weighted by atomic mass is 10.1. The zero-order valence-corrected chi connectivity index (χ0v) is 8.57. The third-order valence-corrected chi connectivity index (χ3v) is 3.00. The molecule has 3 rings (SSSR count). The summed E-state index contributed by atoms with van der Waals surface area (Å²) in [5.41, 5.74) is 4.10. The molecule has 0 amide bonds. The fourth-order valence-corrected chi connectivity index (χ4v) is 2.28. The van der Waals surface area contributed by atoms with E-state index in [1.54, 1.807) is 0 Å². The molecule has 0 radical (unpaired) electrons. The molecule has 1 N–H and O–H groups in total. The van der Waals surface area contributed by atoms with E-state index in [0.29, 0.717) is 6.54 Å². The molecule has 1 aromatic heterocycles. The summed E-state index contributed by atoms with van der Waals surface area (Å²) in [6.07, 6.45) is 0.884. The van der Waals surface area contributed by atoms with Crippen LogP contribution in [0.4, 0.5) is 5.69 Å². The van der Waals surface area contributed by atoms with Crippen molar-refractivity contribution in [2.45, 2.75) is 13.3 Å². The molecule has 2 aromatic rings. The van der Waals surface area contributed by atoms with Crippen molar-refractivity contribution in [2.24, 2.45) is 0 Å². The monoisotopic (exact) mass is 200 g/mol. The van der Waals surface area contributed by atoms with Crippen LogP contribution in [0.25, 0.3) is 10.9 Å². The second-order valence-electron chi connectivity index (χ2n) is 3.91. The number of aryl methyl sites for hydroxylation is 1. The van der Waals surface area contributed by atoms with Crippen molar-refractivity contribution in [3.63, 3.8) is 0 Å². The van der Waals surface area contributed by atoms with Gasteiger partial charge in [-0.1, -0.05) is 18.2 Å². The van der Waals surface area contributed by atoms with Gasteiger partial charge in [0.1, 0.15) is 0 Å². The van der Waals surface area contributed by atoms with E-state index in [1.807, 2.05) is 31.2 Å². The van der Waals surface area contributed by atoms with Crippen molar-refractivity contribution in [3.05, 3.63) is 35.5 Å². The predicted octanol–water partition coefficient (Wildman–Crippen LogP) is 2.29. The quantitative estimate of drug-likeness (QED) is 0.708. The third kappa shape index (κ3) is 1.13. The summed E-state index contributed by atoms with van der Waals surface area (Å²) >= 11 is 0. The van der Waals surface area contributed by atoms with E-state index < -0.39 is 0 Å². The Balaban J connectivity index is 2.45. The number of hydroxylamine groups is 1. The van der Waals surface area contributed by atoms with Crippen molar-refractivity contribution in [1.82, 2.24) is 4.98 Å². The van der Waals surface area contributed by atoms with Crippen molar-refractivity contribution in [1.29, 1.82) is 0 Å². The van der Waals surface area contributed by atoms with Crippen LogP contribution >= 0.6 is 0 Å². The Morgan fingerprint density at radius 2 is 2.13 bits per heavy atom. The van der Waals surface area contributed by atoms with E-state index in [9.17, 15) is 5.21 Å². The van der Waals surface area contributed by atoms with Gasteiger partial charge in [-0.25, -0.2) is 0 Å². The molecule has 3 nitrogen and oxygen atoms in total. The molecule has 76 valence electrons. The topological polar surface area (TPSA) is 36.4 Å². The molecule has 2 heterocycles. The number of nitrogens with zero attached hydrogens (tertiary/aromatic N) is 2. The smallest absolute Gasteiger partial charge is 0.0778 e. The zero-order chi connectivity index (χ0) is 10.4. The van der Waals surface area contributed by atoms with E-state index in [1.165, 1.54) is 10.6 Å². The number of fused-ring (bicyclic) bond motifs is 3. The number of anilines is 1. The Hall–Kier alpha value is -1.61. The van der Waals surface area contributed by atoms with Crippen LogP contribution in [0.5, 0.6) is 0 Å². The highest BCUT2D eigenvalue weighted by molar-refractivity contribution is 5.94. The maximum Gasteiger partial charge on any atom is 0.0778 e. The standard InChI is InChI=1S/C12H12N2O/c1-8-9-6-7-14(15)12(9)10-4-2-3-5-11(10)13-8/h2-5,15H,6-7H2,1H3. The molecule has 0 aliphatic carbocycles. The fourth-order valence-electron chi connectivity index (χ4n) is 2.28. The lowest BCUT2D eigenvalue weighted by Crippen LogP contribution is -2.14. The van der Waals surface area contributed by atoms with Gasteiger partial charge in [-0.15, -0.1) is 0 Å². The molecule has 0 fully saturated rings. The summed E-state index contributed by atoms with van der Waals surface area (Å²) in [5, 5.41) is 12.2. The van der Waals surface area contributed by atoms with Gasteiger partial charge >= 0.3 is 0 Å². The van der Waals surface area contributed by atoms with Gasteiger partial charge in [-0.3, -0.25) is 15.3 Å². The lowest BCUT2D eigenvalue weighted by molar-refractivity contribution is 0.265. The van der Waals surface area contributed by atoms with Gasteiger partial charge < -0.3 is 0 Å². The summed E-state index contributed by atoms with van der Waals surface area (Å²) in [7, 11) is 0. The number of hydrogen-bond acceptors (Lipinski definition) is 3. The summed E-state index contributed by atoms with van der Waals surface area (Å²) in [6.45, 7) is 2.68. The van der Waals surface area contributed by atoms with Gasteiger partial charge in [-0.2, -0.15) is 0 Å². The highest BCUT2D eigenvalue weighted by Crippen LogP contribution is 2.35. The zero-order valence-electron chi connectivity index (χ0n) is 8.57. The molecule has 0 spiro atoms. The molecular weight excluding hydrogens is 188 g/mol. The Labute approximate surface area is 87.9 Å². The minimum atomic E-state index is 0.672. The number of pyridine rings is 1. The second-order valence-corrected chi connectivity index (χ2v) is 3.91. The van der Waals surface area contributed by atoms with Gasteiger partial charge in [0.2, 0.25) is 0 Å². The van der Waals surface area contributed by atoms with Crippen molar-refractivity contribution < 1.29 is 5.21 Å². The molecule has 1 aliphatic rings. The first kappa shape index (κ1) is 8.68. The van der Waals surface area contributed by atoms with Crippen LogP contribution in [0.3, 0.4) is 0 Å². The van der Waals surface area contributed by atoms with E-state index in [2.05, 4.69) is 4.98 Å². The average Bonchev–Trinajstić information content (AvgIpc) is 2.62. The highest BCUT2D eigenvalue weighted by atomic mass is 16.5. The summed E-state index contributed by atoms with van der Waals surface area (Å²) in [4.78, 5) is 4.54. The van der Waals surface area contributed by atoms with Gasteiger partial charge in [-0.05, 0) is 19.4 Å². The van der Waals surface area contributed by atoms with Gasteiger partial charge in [0.25, 0.3) is 0 Å². The number of hydrogen-bond donors (Lipinski definition) is 1. The van der Waals surface area contributed by atoms with Crippen LogP contribution in [-0.2, 0) is 6.42 Å². The number of rotatable bonds is 0. The van der Waals surface area contributed by atoms with Crippen LogP contribution in [-0.4, -0.2) is 16.7 Å². The normalized spacial score (nSPS) is 14.7. The first-order valence-corrected chi connectivity index (χ1v) is 5.12. The molecule has 0 unspecified atom stereocenters. The van der Waals surface area contributed by atoms with Crippen molar-refractivity contribution in [3.8, 4) is 0 Å². The molecule has 1 aliphatic heterocycles. The molecule has 0 bridgehead atoms. The minimum Gasteiger partial charge on any atom is -0.288 e. The molecule has 15 heavy (non-hydrogen) atoms. The largest absolute Gasteiger partial charge is 0.288 e. The molecule has 0 atom stereocenters. The van der Waals surface area contributed by atoms with Crippen LogP contribution < -0.4 is 5.06 Å². The summed E-state index contributed by atoms with van der Waals surface area (Å²) in [5.74, 6) is 0. The third-order valence-electron chi connectivity index (χ3n) is 3.00. The molecular formula is C12H12N2O. The Morgan fingerprint density at radius 3 is 3.00 bits per heavy atom.